The van der Waals surface area contributed by atoms with E-state index in [1.54, 1.807) is 0 Å². The molecule has 0 radical (unpaired) electrons. The fraction of sp³-hybridized carbons (Fsp3) is 0.0909. The molecule has 0 atom stereocenters. The molecule has 0 saturated carbocycles. The highest BCUT2D eigenvalue weighted by molar-refractivity contribution is 7.94. The summed E-state index contributed by atoms with van der Waals surface area (Å²) >= 11 is 0.871. The Morgan fingerprint density at radius 3 is 2.58 bits per heavy atom. The number of thiophene rings is 1. The number of anilines is 2. The Morgan fingerprint density at radius 1 is 1.32 bits per heavy atom. The van der Waals surface area contributed by atoms with Gasteiger partial charge < -0.3 is 5.73 Å². The van der Waals surface area contributed by atoms with Gasteiger partial charge in [-0.15, -0.1) is 11.3 Å². The molecule has 0 fully saturated rings. The number of rotatable bonds is 3. The van der Waals surface area contributed by atoms with Crippen LogP contribution in [0.2, 0.25) is 0 Å². The Morgan fingerprint density at radius 2 is 2.00 bits per heavy atom. The summed E-state index contributed by atoms with van der Waals surface area (Å²) in [6.07, 6.45) is 0. The van der Waals surface area contributed by atoms with Gasteiger partial charge in [0.25, 0.3) is 10.0 Å². The van der Waals surface area contributed by atoms with Gasteiger partial charge in [0.05, 0.1) is 0 Å². The van der Waals surface area contributed by atoms with Gasteiger partial charge in [0.1, 0.15) is 15.7 Å². The molecule has 0 aliphatic heterocycles. The van der Waals surface area contributed by atoms with Crippen LogP contribution in [0.1, 0.15) is 5.56 Å². The van der Waals surface area contributed by atoms with Gasteiger partial charge >= 0.3 is 0 Å². The van der Waals surface area contributed by atoms with E-state index in [1.165, 1.54) is 24.4 Å². The van der Waals surface area contributed by atoms with Crippen LogP contribution in [0, 0.1) is 18.6 Å². The van der Waals surface area contributed by atoms with E-state index < -0.39 is 27.3 Å². The van der Waals surface area contributed by atoms with E-state index in [1.807, 2.05) is 4.72 Å². The number of nitrogens with two attached hydrogens (primary N) is 1. The van der Waals surface area contributed by atoms with Crippen molar-refractivity contribution in [1.82, 2.24) is 0 Å². The molecular formula is C11H10F2N2O2S2. The molecule has 8 heteroatoms. The molecule has 1 heterocycles. The van der Waals surface area contributed by atoms with Crippen molar-refractivity contribution in [3.8, 4) is 0 Å². The quantitative estimate of drug-likeness (QED) is 0.915. The minimum Gasteiger partial charge on any atom is -0.398 e. The number of aryl methyl sites for hydroxylation is 1. The van der Waals surface area contributed by atoms with E-state index in [9.17, 15) is 17.2 Å². The second kappa shape index (κ2) is 4.78. The highest BCUT2D eigenvalue weighted by atomic mass is 32.2. The molecule has 0 aliphatic rings. The van der Waals surface area contributed by atoms with Crippen LogP contribution in [-0.2, 0) is 10.0 Å². The Kier molecular flexibility index (Phi) is 3.46. The SMILES string of the molecule is Cc1ccc(F)c(NS(=O)(=O)c2cc(N)cs2)c1F. The van der Waals surface area contributed by atoms with Gasteiger partial charge in [0.15, 0.2) is 5.82 Å². The first-order valence-corrected chi connectivity index (χ1v) is 7.49. The molecule has 3 N–H and O–H groups in total. The average molecular weight is 304 g/mol. The van der Waals surface area contributed by atoms with E-state index in [0.717, 1.165) is 17.4 Å². The Labute approximate surface area is 112 Å². The van der Waals surface area contributed by atoms with E-state index >= 15 is 0 Å². The summed E-state index contributed by atoms with van der Waals surface area (Å²) in [5.74, 6) is -1.91. The molecule has 0 spiro atoms. The number of halogens is 2. The van der Waals surface area contributed by atoms with Crippen LogP contribution in [0.5, 0.6) is 0 Å². The number of benzene rings is 1. The minimum atomic E-state index is -4.05. The smallest absolute Gasteiger partial charge is 0.271 e. The molecule has 0 saturated heterocycles. The van der Waals surface area contributed by atoms with E-state index in [4.69, 9.17) is 5.73 Å². The normalized spacial score (nSPS) is 11.5. The fourth-order valence-corrected chi connectivity index (χ4v) is 3.55. The lowest BCUT2D eigenvalue weighted by Crippen LogP contribution is -2.14. The second-order valence-electron chi connectivity index (χ2n) is 3.86. The largest absolute Gasteiger partial charge is 0.398 e. The molecule has 19 heavy (non-hydrogen) atoms. The molecule has 0 amide bonds. The Hall–Kier alpha value is -1.67. The third-order valence-corrected chi connectivity index (χ3v) is 5.19. The maximum atomic E-state index is 13.7. The molecule has 0 unspecified atom stereocenters. The van der Waals surface area contributed by atoms with Crippen LogP contribution in [0.25, 0.3) is 0 Å². The molecule has 0 aliphatic carbocycles. The van der Waals surface area contributed by atoms with E-state index in [2.05, 4.69) is 0 Å². The van der Waals surface area contributed by atoms with Gasteiger partial charge in [-0.3, -0.25) is 4.72 Å². The minimum absolute atomic E-state index is 0.106. The lowest BCUT2D eigenvalue weighted by atomic mass is 10.2. The van der Waals surface area contributed by atoms with Crippen molar-refractivity contribution >= 4 is 32.7 Å². The number of nitrogen functional groups attached to an aromatic ring is 1. The molecule has 4 nitrogen and oxygen atoms in total. The molecule has 1 aromatic carbocycles. The highest BCUT2D eigenvalue weighted by Crippen LogP contribution is 2.27. The molecule has 2 aromatic rings. The van der Waals surface area contributed by atoms with E-state index in [-0.39, 0.29) is 15.5 Å². The van der Waals surface area contributed by atoms with Crippen molar-refractivity contribution in [2.75, 3.05) is 10.5 Å². The molecule has 0 bridgehead atoms. The topological polar surface area (TPSA) is 72.2 Å². The Balaban J connectivity index is 2.44. The van der Waals surface area contributed by atoms with Gasteiger partial charge in [-0.05, 0) is 24.6 Å². The van der Waals surface area contributed by atoms with E-state index in [0.29, 0.717) is 0 Å². The molecule has 102 valence electrons. The van der Waals surface area contributed by atoms with Crippen molar-refractivity contribution in [1.29, 1.82) is 0 Å². The first-order valence-electron chi connectivity index (χ1n) is 5.12. The predicted molar refractivity (Wildman–Crippen MR) is 70.6 cm³/mol. The number of sulfonamides is 1. The molecular weight excluding hydrogens is 294 g/mol. The summed E-state index contributed by atoms with van der Waals surface area (Å²) in [6.45, 7) is 1.41. The van der Waals surface area contributed by atoms with Crippen LogP contribution in [-0.4, -0.2) is 8.42 Å². The molecule has 2 rings (SSSR count). The second-order valence-corrected chi connectivity index (χ2v) is 6.68. The highest BCUT2D eigenvalue weighted by Gasteiger charge is 2.21. The van der Waals surface area contributed by atoms with Crippen LogP contribution in [0.3, 0.4) is 0 Å². The van der Waals surface area contributed by atoms with Crippen LogP contribution in [0.4, 0.5) is 20.2 Å². The van der Waals surface area contributed by atoms with Crippen LogP contribution < -0.4 is 10.5 Å². The zero-order chi connectivity index (χ0) is 14.2. The summed E-state index contributed by atoms with van der Waals surface area (Å²) < 4.78 is 52.9. The van der Waals surface area contributed by atoms with Crippen molar-refractivity contribution < 1.29 is 17.2 Å². The third-order valence-electron chi connectivity index (χ3n) is 2.38. The lowest BCUT2D eigenvalue weighted by molar-refractivity contribution is 0.579. The fourth-order valence-electron chi connectivity index (χ4n) is 1.41. The summed E-state index contributed by atoms with van der Waals surface area (Å²) in [5.41, 5.74) is 5.15. The first-order chi connectivity index (χ1) is 8.81. The third kappa shape index (κ3) is 2.69. The van der Waals surface area contributed by atoms with Crippen LogP contribution >= 0.6 is 11.3 Å². The summed E-state index contributed by atoms with van der Waals surface area (Å²) in [4.78, 5) is 0. The standard InChI is InChI=1S/C11H10F2N2O2S2/c1-6-2-3-8(12)11(10(6)13)15-19(16,17)9-4-7(14)5-18-9/h2-5,15H,14H2,1H3. The number of hydrogen-bond acceptors (Lipinski definition) is 4. The zero-order valence-corrected chi connectivity index (χ0v) is 11.4. The first kappa shape index (κ1) is 13.8. The zero-order valence-electron chi connectivity index (χ0n) is 9.78. The summed E-state index contributed by atoms with van der Waals surface area (Å²) in [5, 5.41) is 1.43. The molecule has 1 aromatic heterocycles. The summed E-state index contributed by atoms with van der Waals surface area (Å²) in [7, 11) is -4.05. The predicted octanol–water partition coefficient (Wildman–Crippen LogP) is 2.72. The maximum absolute atomic E-state index is 13.7. The van der Waals surface area contributed by atoms with Crippen molar-refractivity contribution in [3.05, 3.63) is 40.8 Å². The van der Waals surface area contributed by atoms with Gasteiger partial charge in [0.2, 0.25) is 0 Å². The van der Waals surface area contributed by atoms with Gasteiger partial charge in [-0.1, -0.05) is 6.07 Å². The van der Waals surface area contributed by atoms with Crippen molar-refractivity contribution in [2.24, 2.45) is 0 Å². The lowest BCUT2D eigenvalue weighted by Gasteiger charge is -2.09. The van der Waals surface area contributed by atoms with Crippen molar-refractivity contribution in [2.45, 2.75) is 11.1 Å². The summed E-state index contributed by atoms with van der Waals surface area (Å²) in [6, 6.07) is 3.45. The van der Waals surface area contributed by atoms with Crippen LogP contribution in [0.15, 0.2) is 27.8 Å². The maximum Gasteiger partial charge on any atom is 0.271 e. The van der Waals surface area contributed by atoms with Gasteiger partial charge in [0, 0.05) is 11.1 Å². The number of hydrogen-bond donors (Lipinski definition) is 2. The number of nitrogens with one attached hydrogen (secondary N) is 1. The average Bonchev–Trinajstić information content (AvgIpc) is 2.77. The monoisotopic (exact) mass is 304 g/mol. The van der Waals surface area contributed by atoms with Gasteiger partial charge in [-0.25, -0.2) is 17.2 Å². The van der Waals surface area contributed by atoms with Gasteiger partial charge in [-0.2, -0.15) is 0 Å². The van der Waals surface area contributed by atoms with Crippen molar-refractivity contribution in [3.63, 3.8) is 0 Å². The Bertz CT molecular complexity index is 726.